The molecule has 1 aromatic heterocycles. The molecule has 0 fully saturated rings. The second-order valence-electron chi connectivity index (χ2n) is 7.76. The molecule has 0 saturated carbocycles. The number of aliphatic hydroxyl groups is 1. The maximum absolute atomic E-state index is 13.8. The molecule has 0 radical (unpaired) electrons. The molecule has 0 saturated heterocycles. The van der Waals surface area contributed by atoms with Crippen LogP contribution < -0.4 is 14.8 Å². The van der Waals surface area contributed by atoms with E-state index in [2.05, 4.69) is 10.5 Å². The van der Waals surface area contributed by atoms with Crippen LogP contribution in [0, 0.1) is 6.92 Å². The van der Waals surface area contributed by atoms with Crippen molar-refractivity contribution in [2.45, 2.75) is 13.0 Å². The van der Waals surface area contributed by atoms with Crippen molar-refractivity contribution in [1.82, 2.24) is 5.16 Å². The van der Waals surface area contributed by atoms with E-state index < -0.39 is 6.04 Å². The van der Waals surface area contributed by atoms with Gasteiger partial charge in [0.2, 0.25) is 5.78 Å². The van der Waals surface area contributed by atoms with Gasteiger partial charge in [0, 0.05) is 23.9 Å². The summed E-state index contributed by atoms with van der Waals surface area (Å²) in [6.07, 6.45) is 1.49. The highest BCUT2D eigenvalue weighted by atomic mass is 16.5. The van der Waals surface area contributed by atoms with Crippen LogP contribution in [0.15, 0.2) is 83.6 Å². The molecule has 0 aliphatic carbocycles. The minimum absolute atomic E-state index is 0.112. The van der Waals surface area contributed by atoms with Crippen molar-refractivity contribution >= 4 is 11.5 Å². The van der Waals surface area contributed by atoms with Gasteiger partial charge in [-0.25, -0.2) is 0 Å². The van der Waals surface area contributed by atoms with Gasteiger partial charge < -0.3 is 24.4 Å². The zero-order valence-corrected chi connectivity index (χ0v) is 19.0. The van der Waals surface area contributed by atoms with Crippen LogP contribution in [0.2, 0.25) is 0 Å². The van der Waals surface area contributed by atoms with Crippen molar-refractivity contribution in [3.8, 4) is 22.6 Å². The van der Waals surface area contributed by atoms with E-state index in [1.807, 2.05) is 61.5 Å². The first-order valence-electron chi connectivity index (χ1n) is 10.9. The number of Topliss-reactive ketones (excluding diaryl/α,β-unsaturated/α-hetero) is 1. The molecule has 0 aliphatic heterocycles. The topological polar surface area (TPSA) is 93.8 Å². The lowest BCUT2D eigenvalue weighted by Gasteiger charge is -2.20. The van der Waals surface area contributed by atoms with Crippen LogP contribution in [0.1, 0.15) is 27.7 Å². The number of rotatable bonds is 10. The lowest BCUT2D eigenvalue weighted by atomic mass is 9.95. The molecule has 2 N–H and O–H groups in total. The molecular formula is C27H26N2O5. The predicted octanol–water partition coefficient (Wildman–Crippen LogP) is 5.07. The summed E-state index contributed by atoms with van der Waals surface area (Å²) in [5, 5.41) is 16.5. The van der Waals surface area contributed by atoms with Gasteiger partial charge in [0.1, 0.15) is 30.4 Å². The van der Waals surface area contributed by atoms with Crippen LogP contribution in [0.5, 0.6) is 11.5 Å². The Morgan fingerprint density at radius 2 is 1.79 bits per heavy atom. The third-order valence-electron chi connectivity index (χ3n) is 5.35. The molecule has 174 valence electrons. The summed E-state index contributed by atoms with van der Waals surface area (Å²) in [7, 11) is 1.55. The number of hydrogen-bond donors (Lipinski definition) is 2. The number of aryl methyl sites for hydroxylation is 1. The number of ketones is 1. The fourth-order valence-corrected chi connectivity index (χ4v) is 3.62. The monoisotopic (exact) mass is 458 g/mol. The van der Waals surface area contributed by atoms with Gasteiger partial charge in [-0.15, -0.1) is 0 Å². The number of nitrogens with one attached hydrogen (secondary N) is 1. The van der Waals surface area contributed by atoms with E-state index in [9.17, 15) is 4.79 Å². The molecule has 34 heavy (non-hydrogen) atoms. The standard InChI is InChI=1S/C27H26N2O5/c1-18-8-10-20(11-9-18)25(28-21-14-22(32-2)16-23(15-21)33-13-12-30)27(31)26-24(17-34-29-26)19-6-4-3-5-7-19/h3-11,14-17,25,28,30H,12-13H2,1-2H3. The van der Waals surface area contributed by atoms with E-state index in [1.54, 1.807) is 25.3 Å². The van der Waals surface area contributed by atoms with E-state index in [-0.39, 0.29) is 24.7 Å². The zero-order chi connectivity index (χ0) is 23.9. The highest BCUT2D eigenvalue weighted by Crippen LogP contribution is 2.32. The molecule has 7 nitrogen and oxygen atoms in total. The maximum Gasteiger partial charge on any atom is 0.212 e. The van der Waals surface area contributed by atoms with E-state index in [1.165, 1.54) is 6.26 Å². The molecule has 1 heterocycles. The first-order chi connectivity index (χ1) is 16.6. The highest BCUT2D eigenvalue weighted by molar-refractivity contribution is 6.05. The van der Waals surface area contributed by atoms with Crippen LogP contribution >= 0.6 is 0 Å². The summed E-state index contributed by atoms with van der Waals surface area (Å²) in [4.78, 5) is 13.8. The highest BCUT2D eigenvalue weighted by Gasteiger charge is 2.28. The van der Waals surface area contributed by atoms with Gasteiger partial charge in [-0.2, -0.15) is 0 Å². The number of anilines is 1. The Morgan fingerprint density at radius 1 is 1.06 bits per heavy atom. The molecule has 0 amide bonds. The smallest absolute Gasteiger partial charge is 0.212 e. The van der Waals surface area contributed by atoms with Gasteiger partial charge in [0.05, 0.1) is 19.3 Å². The van der Waals surface area contributed by atoms with E-state index in [0.717, 1.165) is 16.7 Å². The quantitative estimate of drug-likeness (QED) is 0.321. The molecule has 0 bridgehead atoms. The maximum atomic E-state index is 13.8. The van der Waals surface area contributed by atoms with Crippen molar-refractivity contribution in [2.75, 3.05) is 25.6 Å². The largest absolute Gasteiger partial charge is 0.497 e. The van der Waals surface area contributed by atoms with Crippen LogP contribution in [0.4, 0.5) is 5.69 Å². The minimum atomic E-state index is -0.744. The SMILES string of the molecule is COc1cc(NC(C(=O)c2nocc2-c2ccccc2)c2ccc(C)cc2)cc(OCCO)c1. The van der Waals surface area contributed by atoms with Crippen LogP contribution in [0.3, 0.4) is 0 Å². The summed E-state index contributed by atoms with van der Waals surface area (Å²) in [5.41, 5.74) is 4.19. The first kappa shape index (κ1) is 23.1. The first-order valence-corrected chi connectivity index (χ1v) is 10.9. The fraction of sp³-hybridized carbons (Fsp3) is 0.185. The molecule has 1 atom stereocenters. The number of nitrogens with zero attached hydrogens (tertiary/aromatic N) is 1. The summed E-state index contributed by atoms with van der Waals surface area (Å²) in [5.74, 6) is 0.828. The van der Waals surface area contributed by atoms with Gasteiger partial charge in [-0.3, -0.25) is 4.79 Å². The summed E-state index contributed by atoms with van der Waals surface area (Å²) >= 11 is 0. The molecule has 3 aromatic carbocycles. The number of aromatic nitrogens is 1. The predicted molar refractivity (Wildman–Crippen MR) is 129 cm³/mol. The van der Waals surface area contributed by atoms with Gasteiger partial charge >= 0.3 is 0 Å². The number of carbonyl (C=O) groups excluding carboxylic acids is 1. The van der Waals surface area contributed by atoms with E-state index in [0.29, 0.717) is 22.7 Å². The summed E-state index contributed by atoms with van der Waals surface area (Å²) < 4.78 is 16.2. The number of benzene rings is 3. The van der Waals surface area contributed by atoms with Crippen LogP contribution in [0.25, 0.3) is 11.1 Å². The molecule has 0 spiro atoms. The lowest BCUT2D eigenvalue weighted by molar-refractivity contribution is 0.0961. The third-order valence-corrected chi connectivity index (χ3v) is 5.35. The van der Waals surface area contributed by atoms with Gasteiger partial charge in [-0.1, -0.05) is 65.3 Å². The Balaban J connectivity index is 1.73. The van der Waals surface area contributed by atoms with E-state index in [4.69, 9.17) is 19.1 Å². The van der Waals surface area contributed by atoms with E-state index >= 15 is 0 Å². The molecule has 0 aliphatic rings. The van der Waals surface area contributed by atoms with Gasteiger partial charge in [-0.05, 0) is 18.1 Å². The molecule has 4 aromatic rings. The van der Waals surface area contributed by atoms with Crippen molar-refractivity contribution < 1.29 is 23.9 Å². The van der Waals surface area contributed by atoms with Crippen molar-refractivity contribution in [2.24, 2.45) is 0 Å². The molecule has 4 rings (SSSR count). The Kier molecular flexibility index (Phi) is 7.25. The Morgan fingerprint density at radius 3 is 2.50 bits per heavy atom. The minimum Gasteiger partial charge on any atom is -0.497 e. The van der Waals surface area contributed by atoms with Crippen molar-refractivity contribution in [1.29, 1.82) is 0 Å². The lowest BCUT2D eigenvalue weighted by Crippen LogP contribution is -2.22. The van der Waals surface area contributed by atoms with Gasteiger partial charge in [0.25, 0.3) is 0 Å². The van der Waals surface area contributed by atoms with Gasteiger partial charge in [0.15, 0.2) is 5.69 Å². The van der Waals surface area contributed by atoms with Crippen molar-refractivity contribution in [3.63, 3.8) is 0 Å². The van der Waals surface area contributed by atoms with Crippen LogP contribution in [-0.2, 0) is 0 Å². The van der Waals surface area contributed by atoms with Crippen LogP contribution in [-0.4, -0.2) is 36.4 Å². The average molecular weight is 459 g/mol. The third kappa shape index (κ3) is 5.27. The number of methoxy groups -OCH3 is 1. The normalized spacial score (nSPS) is 11.6. The molecule has 1 unspecified atom stereocenters. The summed E-state index contributed by atoms with van der Waals surface area (Å²) in [6, 6.07) is 21.8. The zero-order valence-electron chi connectivity index (χ0n) is 19.0. The molecule has 7 heteroatoms. The number of carbonyl (C=O) groups is 1. The Bertz CT molecular complexity index is 1240. The number of aliphatic hydroxyl groups excluding tert-OH is 1. The fourth-order valence-electron chi connectivity index (χ4n) is 3.62. The molecular weight excluding hydrogens is 432 g/mol. The second kappa shape index (κ2) is 10.7. The number of hydrogen-bond acceptors (Lipinski definition) is 7. The Labute approximate surface area is 197 Å². The average Bonchev–Trinajstić information content (AvgIpc) is 3.37. The summed E-state index contributed by atoms with van der Waals surface area (Å²) in [6.45, 7) is 2.02. The number of ether oxygens (including phenoxy) is 2. The van der Waals surface area contributed by atoms with Crippen molar-refractivity contribution in [3.05, 3.63) is 95.9 Å². The second-order valence-corrected chi connectivity index (χ2v) is 7.76. The Hall–Kier alpha value is -4.10.